The van der Waals surface area contributed by atoms with E-state index in [0.29, 0.717) is 10.6 Å². The second-order valence-corrected chi connectivity index (χ2v) is 6.87. The first kappa shape index (κ1) is 16.5. The van der Waals surface area contributed by atoms with E-state index in [1.807, 2.05) is 0 Å². The molecular formula is C15H14ClNO4S. The number of hydrogen-bond donors (Lipinski definition) is 2. The van der Waals surface area contributed by atoms with Crippen molar-refractivity contribution in [3.63, 3.8) is 0 Å². The van der Waals surface area contributed by atoms with Gasteiger partial charge in [-0.2, -0.15) is 0 Å². The Hall–Kier alpha value is -1.89. The van der Waals surface area contributed by atoms with E-state index in [1.165, 1.54) is 24.3 Å². The maximum absolute atomic E-state index is 12.1. The average molecular weight is 340 g/mol. The quantitative estimate of drug-likeness (QED) is 0.846. The van der Waals surface area contributed by atoms with Gasteiger partial charge in [0.05, 0.1) is 11.3 Å². The molecule has 7 heteroatoms. The van der Waals surface area contributed by atoms with E-state index in [9.17, 15) is 13.2 Å². The molecule has 0 spiro atoms. The number of carbonyl (C=O) groups is 1. The predicted octanol–water partition coefficient (Wildman–Crippen LogP) is 2.45. The van der Waals surface area contributed by atoms with Crippen LogP contribution in [0, 0.1) is 0 Å². The molecule has 0 aliphatic heterocycles. The molecule has 0 fully saturated rings. The number of aliphatic carboxylic acids is 1. The lowest BCUT2D eigenvalue weighted by Crippen LogP contribution is -2.23. The van der Waals surface area contributed by atoms with Gasteiger partial charge in [0.1, 0.15) is 0 Å². The summed E-state index contributed by atoms with van der Waals surface area (Å²) in [7, 11) is -3.61. The van der Waals surface area contributed by atoms with Gasteiger partial charge in [0.25, 0.3) is 0 Å². The number of sulfonamides is 1. The van der Waals surface area contributed by atoms with E-state index >= 15 is 0 Å². The first-order valence-electron chi connectivity index (χ1n) is 6.42. The maximum Gasteiger partial charge on any atom is 0.307 e. The minimum atomic E-state index is -3.61. The smallest absolute Gasteiger partial charge is 0.307 e. The Kier molecular flexibility index (Phi) is 5.18. The van der Waals surface area contributed by atoms with Gasteiger partial charge in [0.15, 0.2) is 0 Å². The Morgan fingerprint density at radius 1 is 1.00 bits per heavy atom. The summed E-state index contributed by atoms with van der Waals surface area (Å²) in [6.45, 7) is 0.123. The van der Waals surface area contributed by atoms with Crippen LogP contribution in [0.2, 0.25) is 5.02 Å². The Labute approximate surface area is 133 Å². The normalized spacial score (nSPS) is 11.3. The zero-order valence-electron chi connectivity index (χ0n) is 11.5. The number of rotatable bonds is 6. The number of hydrogen-bond acceptors (Lipinski definition) is 3. The van der Waals surface area contributed by atoms with Crippen LogP contribution < -0.4 is 4.72 Å². The van der Waals surface area contributed by atoms with Crippen LogP contribution in [0.1, 0.15) is 11.1 Å². The Morgan fingerprint density at radius 3 is 2.09 bits per heavy atom. The van der Waals surface area contributed by atoms with Crippen LogP contribution >= 0.6 is 11.6 Å². The summed E-state index contributed by atoms with van der Waals surface area (Å²) >= 11 is 5.73. The van der Waals surface area contributed by atoms with Gasteiger partial charge < -0.3 is 5.11 Å². The van der Waals surface area contributed by atoms with Crippen LogP contribution in [-0.4, -0.2) is 19.5 Å². The van der Waals surface area contributed by atoms with Gasteiger partial charge in [-0.3, -0.25) is 4.79 Å². The van der Waals surface area contributed by atoms with Gasteiger partial charge in [-0.1, -0.05) is 35.9 Å². The lowest BCUT2D eigenvalue weighted by Gasteiger charge is -2.07. The summed E-state index contributed by atoms with van der Waals surface area (Å²) in [6, 6.07) is 12.6. The highest BCUT2D eigenvalue weighted by Gasteiger charge is 2.13. The van der Waals surface area contributed by atoms with Crippen molar-refractivity contribution >= 4 is 27.6 Å². The van der Waals surface area contributed by atoms with Crippen molar-refractivity contribution < 1.29 is 18.3 Å². The predicted molar refractivity (Wildman–Crippen MR) is 83.3 cm³/mol. The molecule has 0 unspecified atom stereocenters. The third-order valence-corrected chi connectivity index (χ3v) is 4.64. The monoisotopic (exact) mass is 339 g/mol. The molecule has 0 aliphatic rings. The van der Waals surface area contributed by atoms with E-state index in [-0.39, 0.29) is 17.9 Å². The molecule has 0 aliphatic carbocycles. The SMILES string of the molecule is O=C(O)Cc1ccc(CNS(=O)(=O)c2ccc(Cl)cc2)cc1. The number of carboxylic acids is 1. The highest BCUT2D eigenvalue weighted by Crippen LogP contribution is 2.14. The summed E-state index contributed by atoms with van der Waals surface area (Å²) in [6.07, 6.45) is -0.0587. The molecule has 116 valence electrons. The highest BCUT2D eigenvalue weighted by atomic mass is 35.5. The van der Waals surface area contributed by atoms with Crippen LogP contribution in [0.5, 0.6) is 0 Å². The van der Waals surface area contributed by atoms with Crippen molar-refractivity contribution in [3.8, 4) is 0 Å². The van der Waals surface area contributed by atoms with E-state index in [2.05, 4.69) is 4.72 Å². The second kappa shape index (κ2) is 6.91. The molecule has 0 amide bonds. The molecule has 22 heavy (non-hydrogen) atoms. The van der Waals surface area contributed by atoms with Crippen LogP contribution in [0.3, 0.4) is 0 Å². The standard InChI is InChI=1S/C15H14ClNO4S/c16-13-5-7-14(8-6-13)22(20,21)17-10-12-3-1-11(2-4-12)9-15(18)19/h1-8,17H,9-10H2,(H,18,19). The Bertz CT molecular complexity index is 755. The van der Waals surface area contributed by atoms with Gasteiger partial charge >= 0.3 is 5.97 Å². The Morgan fingerprint density at radius 2 is 1.55 bits per heavy atom. The minimum Gasteiger partial charge on any atom is -0.481 e. The summed E-state index contributed by atoms with van der Waals surface area (Å²) in [5, 5.41) is 9.16. The zero-order chi connectivity index (χ0) is 16.2. The number of carboxylic acid groups (broad SMARTS) is 1. The molecule has 2 aromatic carbocycles. The fourth-order valence-corrected chi connectivity index (χ4v) is 2.97. The van der Waals surface area contributed by atoms with Crippen LogP contribution in [0.25, 0.3) is 0 Å². The maximum atomic E-state index is 12.1. The van der Waals surface area contributed by atoms with E-state index < -0.39 is 16.0 Å². The zero-order valence-corrected chi connectivity index (χ0v) is 13.1. The molecular weight excluding hydrogens is 326 g/mol. The van der Waals surface area contributed by atoms with E-state index in [1.54, 1.807) is 24.3 Å². The van der Waals surface area contributed by atoms with Crippen LogP contribution in [0.15, 0.2) is 53.4 Å². The first-order chi connectivity index (χ1) is 10.4. The summed E-state index contributed by atoms with van der Waals surface area (Å²) in [5.41, 5.74) is 1.41. The third kappa shape index (κ3) is 4.56. The van der Waals surface area contributed by atoms with Crippen molar-refractivity contribution in [1.29, 1.82) is 0 Å². The number of nitrogens with one attached hydrogen (secondary N) is 1. The number of halogens is 1. The highest BCUT2D eigenvalue weighted by molar-refractivity contribution is 7.89. The summed E-state index contributed by atoms with van der Waals surface area (Å²) < 4.78 is 26.7. The van der Waals surface area contributed by atoms with Gasteiger partial charge in [-0.15, -0.1) is 0 Å². The van der Waals surface area contributed by atoms with Crippen molar-refractivity contribution in [3.05, 3.63) is 64.7 Å². The summed E-state index contributed by atoms with van der Waals surface area (Å²) in [5.74, 6) is -0.906. The van der Waals surface area contributed by atoms with Crippen molar-refractivity contribution in [1.82, 2.24) is 4.72 Å². The molecule has 0 aromatic heterocycles. The molecule has 0 saturated carbocycles. The topological polar surface area (TPSA) is 83.5 Å². The largest absolute Gasteiger partial charge is 0.481 e. The summed E-state index contributed by atoms with van der Waals surface area (Å²) in [4.78, 5) is 10.7. The second-order valence-electron chi connectivity index (χ2n) is 4.67. The molecule has 2 aromatic rings. The van der Waals surface area contributed by atoms with Gasteiger partial charge in [-0.05, 0) is 35.4 Å². The minimum absolute atomic E-state index is 0.0587. The first-order valence-corrected chi connectivity index (χ1v) is 8.28. The average Bonchev–Trinajstić information content (AvgIpc) is 2.46. The van der Waals surface area contributed by atoms with E-state index in [4.69, 9.17) is 16.7 Å². The lowest BCUT2D eigenvalue weighted by molar-refractivity contribution is -0.136. The number of benzene rings is 2. The van der Waals surface area contributed by atoms with Gasteiger partial charge in [0.2, 0.25) is 10.0 Å². The van der Waals surface area contributed by atoms with E-state index in [0.717, 1.165) is 5.56 Å². The Balaban J connectivity index is 2.02. The fraction of sp³-hybridized carbons (Fsp3) is 0.133. The molecule has 0 atom stereocenters. The molecule has 2 N–H and O–H groups in total. The molecule has 2 rings (SSSR count). The van der Waals surface area contributed by atoms with Crippen LogP contribution in [0.4, 0.5) is 0 Å². The molecule has 0 radical (unpaired) electrons. The van der Waals surface area contributed by atoms with Crippen molar-refractivity contribution in [2.75, 3.05) is 0 Å². The van der Waals surface area contributed by atoms with Gasteiger partial charge in [0, 0.05) is 11.6 Å². The molecule has 0 saturated heterocycles. The fourth-order valence-electron chi connectivity index (χ4n) is 1.83. The van der Waals surface area contributed by atoms with Crippen molar-refractivity contribution in [2.45, 2.75) is 17.9 Å². The van der Waals surface area contributed by atoms with Crippen molar-refractivity contribution in [2.24, 2.45) is 0 Å². The molecule has 0 bridgehead atoms. The lowest BCUT2D eigenvalue weighted by atomic mass is 10.1. The van der Waals surface area contributed by atoms with Gasteiger partial charge in [-0.25, -0.2) is 13.1 Å². The third-order valence-electron chi connectivity index (χ3n) is 2.97. The molecule has 5 nitrogen and oxygen atoms in total. The molecule has 0 heterocycles. The van der Waals surface area contributed by atoms with Crippen LogP contribution in [-0.2, 0) is 27.8 Å².